The van der Waals surface area contributed by atoms with Crippen LogP contribution in [0.15, 0.2) is 24.3 Å². The average Bonchev–Trinajstić information content (AvgIpc) is 2.19. The lowest BCUT2D eigenvalue weighted by molar-refractivity contribution is -0.164. The Morgan fingerprint density at radius 1 is 1.29 bits per heavy atom. The average molecular weight is 238 g/mol. The number of aliphatic hydroxyl groups is 1. The number of carbonyl (C=O) groups is 1. The Labute approximate surface area is 101 Å². The minimum Gasteiger partial charge on any atom is -0.508 e. The fourth-order valence-corrected chi connectivity index (χ4v) is 1.31. The molecule has 0 amide bonds. The van der Waals surface area contributed by atoms with Gasteiger partial charge in [-0.3, -0.25) is 0 Å². The molecule has 94 valence electrons. The van der Waals surface area contributed by atoms with Crippen molar-refractivity contribution in [2.45, 2.75) is 38.9 Å². The second kappa shape index (κ2) is 5.19. The van der Waals surface area contributed by atoms with Crippen molar-refractivity contribution in [3.63, 3.8) is 0 Å². The topological polar surface area (TPSA) is 66.8 Å². The highest BCUT2D eigenvalue weighted by atomic mass is 16.6. The molecule has 17 heavy (non-hydrogen) atoms. The summed E-state index contributed by atoms with van der Waals surface area (Å²) in [5, 5.41) is 18.8. The number of rotatable bonds is 3. The van der Waals surface area contributed by atoms with Gasteiger partial charge in [0, 0.05) is 6.42 Å². The number of esters is 1. The van der Waals surface area contributed by atoms with Crippen molar-refractivity contribution in [3.8, 4) is 5.75 Å². The lowest BCUT2D eigenvalue weighted by atomic mass is 10.1. The van der Waals surface area contributed by atoms with E-state index >= 15 is 0 Å². The van der Waals surface area contributed by atoms with Gasteiger partial charge < -0.3 is 14.9 Å². The maximum Gasteiger partial charge on any atom is 0.335 e. The highest BCUT2D eigenvalue weighted by Gasteiger charge is 2.23. The second-order valence-electron chi connectivity index (χ2n) is 4.92. The van der Waals surface area contributed by atoms with Crippen LogP contribution in [0.25, 0.3) is 0 Å². The third-order valence-electron chi connectivity index (χ3n) is 2.04. The van der Waals surface area contributed by atoms with E-state index in [1.54, 1.807) is 32.9 Å². The van der Waals surface area contributed by atoms with Crippen LogP contribution in [0.5, 0.6) is 5.75 Å². The first-order valence-electron chi connectivity index (χ1n) is 5.47. The van der Waals surface area contributed by atoms with Gasteiger partial charge in [0.15, 0.2) is 6.10 Å². The van der Waals surface area contributed by atoms with Crippen molar-refractivity contribution in [3.05, 3.63) is 29.8 Å². The summed E-state index contributed by atoms with van der Waals surface area (Å²) in [6, 6.07) is 6.33. The molecular formula is C13H18O4. The van der Waals surface area contributed by atoms with Crippen molar-refractivity contribution in [1.29, 1.82) is 0 Å². The zero-order valence-corrected chi connectivity index (χ0v) is 10.3. The largest absolute Gasteiger partial charge is 0.508 e. The van der Waals surface area contributed by atoms with Gasteiger partial charge in [-0.15, -0.1) is 0 Å². The number of benzene rings is 1. The van der Waals surface area contributed by atoms with E-state index in [1.165, 1.54) is 12.1 Å². The molecule has 0 bridgehead atoms. The summed E-state index contributed by atoms with van der Waals surface area (Å²) in [5.41, 5.74) is 0.161. The van der Waals surface area contributed by atoms with E-state index in [-0.39, 0.29) is 12.2 Å². The van der Waals surface area contributed by atoms with Crippen molar-refractivity contribution in [2.24, 2.45) is 0 Å². The van der Waals surface area contributed by atoms with Crippen molar-refractivity contribution in [1.82, 2.24) is 0 Å². The normalized spacial score (nSPS) is 13.2. The van der Waals surface area contributed by atoms with Crippen LogP contribution in [-0.2, 0) is 16.0 Å². The van der Waals surface area contributed by atoms with Crippen LogP contribution in [0.1, 0.15) is 26.3 Å². The molecular weight excluding hydrogens is 220 g/mol. The number of carbonyl (C=O) groups excluding carboxylic acids is 1. The fourth-order valence-electron chi connectivity index (χ4n) is 1.31. The highest BCUT2D eigenvalue weighted by Crippen LogP contribution is 2.13. The fraction of sp³-hybridized carbons (Fsp3) is 0.462. The first-order valence-corrected chi connectivity index (χ1v) is 5.47. The summed E-state index contributed by atoms with van der Waals surface area (Å²) in [4.78, 5) is 11.5. The van der Waals surface area contributed by atoms with Crippen LogP contribution in [0.2, 0.25) is 0 Å². The molecule has 0 radical (unpaired) electrons. The predicted octanol–water partition coefficient (Wildman–Crippen LogP) is 1.64. The molecule has 4 nitrogen and oxygen atoms in total. The Morgan fingerprint density at radius 2 is 1.82 bits per heavy atom. The summed E-state index contributed by atoms with van der Waals surface area (Å²) in [6.45, 7) is 5.24. The Morgan fingerprint density at radius 3 is 2.29 bits per heavy atom. The number of hydrogen-bond acceptors (Lipinski definition) is 4. The van der Waals surface area contributed by atoms with Crippen molar-refractivity contribution < 1.29 is 19.7 Å². The van der Waals surface area contributed by atoms with Crippen LogP contribution in [0.4, 0.5) is 0 Å². The molecule has 0 fully saturated rings. The SMILES string of the molecule is CC(C)(C)OC(=O)[C@H](O)Cc1ccc(O)cc1. The predicted molar refractivity (Wildman–Crippen MR) is 63.7 cm³/mol. The first-order chi connectivity index (χ1) is 7.78. The lowest BCUT2D eigenvalue weighted by Crippen LogP contribution is -2.32. The molecule has 0 spiro atoms. The van der Waals surface area contributed by atoms with E-state index in [2.05, 4.69) is 0 Å². The summed E-state index contributed by atoms with van der Waals surface area (Å²) >= 11 is 0. The Bertz CT molecular complexity index is 375. The molecule has 1 rings (SSSR count). The number of ether oxygens (including phenoxy) is 1. The van der Waals surface area contributed by atoms with Gasteiger partial charge >= 0.3 is 5.97 Å². The van der Waals surface area contributed by atoms with Crippen LogP contribution in [0, 0.1) is 0 Å². The molecule has 1 aromatic rings. The van der Waals surface area contributed by atoms with E-state index < -0.39 is 17.7 Å². The number of phenols is 1. The second-order valence-corrected chi connectivity index (χ2v) is 4.92. The quantitative estimate of drug-likeness (QED) is 0.785. The van der Waals surface area contributed by atoms with Gasteiger partial charge in [-0.1, -0.05) is 12.1 Å². The van der Waals surface area contributed by atoms with Crippen LogP contribution < -0.4 is 0 Å². The van der Waals surface area contributed by atoms with Gasteiger partial charge in [0.05, 0.1) is 0 Å². The summed E-state index contributed by atoms with van der Waals surface area (Å²) < 4.78 is 5.06. The van der Waals surface area contributed by atoms with Gasteiger partial charge in [-0.25, -0.2) is 4.79 Å². The van der Waals surface area contributed by atoms with E-state index in [0.717, 1.165) is 5.56 Å². The summed E-state index contributed by atoms with van der Waals surface area (Å²) in [7, 11) is 0. The van der Waals surface area contributed by atoms with Gasteiger partial charge in [0.25, 0.3) is 0 Å². The smallest absolute Gasteiger partial charge is 0.335 e. The molecule has 1 aromatic carbocycles. The molecule has 0 heterocycles. The van der Waals surface area contributed by atoms with E-state index in [0.29, 0.717) is 0 Å². The molecule has 0 aromatic heterocycles. The van der Waals surface area contributed by atoms with E-state index in [1.807, 2.05) is 0 Å². The van der Waals surface area contributed by atoms with Gasteiger partial charge in [0.2, 0.25) is 0 Å². The highest BCUT2D eigenvalue weighted by molar-refractivity contribution is 5.75. The molecule has 0 aliphatic rings. The Balaban J connectivity index is 2.57. The van der Waals surface area contributed by atoms with Gasteiger partial charge in [-0.2, -0.15) is 0 Å². The molecule has 0 aliphatic carbocycles. The van der Waals surface area contributed by atoms with Crippen LogP contribution in [-0.4, -0.2) is 27.9 Å². The van der Waals surface area contributed by atoms with Crippen molar-refractivity contribution in [2.75, 3.05) is 0 Å². The molecule has 0 unspecified atom stereocenters. The molecule has 4 heteroatoms. The maximum absolute atomic E-state index is 11.5. The van der Waals surface area contributed by atoms with E-state index in [9.17, 15) is 9.90 Å². The van der Waals surface area contributed by atoms with E-state index in [4.69, 9.17) is 9.84 Å². The summed E-state index contributed by atoms with van der Waals surface area (Å²) in [6.07, 6.45) is -1.01. The number of aromatic hydroxyl groups is 1. The standard InChI is InChI=1S/C13H18O4/c1-13(2,3)17-12(16)11(15)8-9-4-6-10(14)7-5-9/h4-7,11,14-15H,8H2,1-3H3/t11-/m1/s1. The lowest BCUT2D eigenvalue weighted by Gasteiger charge is -2.21. The molecule has 2 N–H and O–H groups in total. The third-order valence-corrected chi connectivity index (χ3v) is 2.04. The molecule has 0 saturated carbocycles. The minimum atomic E-state index is -1.18. The first kappa shape index (κ1) is 13.5. The van der Waals surface area contributed by atoms with Crippen LogP contribution >= 0.6 is 0 Å². The minimum absolute atomic E-state index is 0.153. The monoisotopic (exact) mass is 238 g/mol. The number of hydrogen-bond donors (Lipinski definition) is 2. The maximum atomic E-state index is 11.5. The molecule has 0 saturated heterocycles. The van der Waals surface area contributed by atoms with Gasteiger partial charge in [0.1, 0.15) is 11.4 Å². The summed E-state index contributed by atoms with van der Waals surface area (Å²) in [5.74, 6) is -0.480. The number of phenolic OH excluding ortho intramolecular Hbond substituents is 1. The van der Waals surface area contributed by atoms with Crippen molar-refractivity contribution >= 4 is 5.97 Å². The van der Waals surface area contributed by atoms with Crippen LogP contribution in [0.3, 0.4) is 0 Å². The number of aliphatic hydroxyl groups excluding tert-OH is 1. The Hall–Kier alpha value is -1.55. The molecule has 1 atom stereocenters. The zero-order chi connectivity index (χ0) is 13.1. The molecule has 0 aliphatic heterocycles. The van der Waals surface area contributed by atoms with Gasteiger partial charge in [-0.05, 0) is 38.5 Å². The zero-order valence-electron chi connectivity index (χ0n) is 10.3. The Kier molecular flexibility index (Phi) is 4.12. The third kappa shape index (κ3) is 4.87.